The number of carbonyl (C=O) groups is 1. The number of aryl methyl sites for hydroxylation is 1. The summed E-state index contributed by atoms with van der Waals surface area (Å²) in [5, 5.41) is 6.31. The Labute approximate surface area is 96.2 Å². The first-order valence-corrected chi connectivity index (χ1v) is 5.90. The Kier molecular flexibility index (Phi) is 3.57. The third kappa shape index (κ3) is 2.42. The standard InChI is InChI=1S/C13H18N2O/c1-2-10-5-3-4-6-12(10)13(16)15-11-7-8-14-9-11/h3-6,11,14H,2,7-9H2,1H3,(H,15,16)/t11-/m0/s1. The van der Waals surface area contributed by atoms with Crippen molar-refractivity contribution in [3.63, 3.8) is 0 Å². The molecule has 0 saturated carbocycles. The van der Waals surface area contributed by atoms with Crippen molar-refractivity contribution in [1.29, 1.82) is 0 Å². The third-order valence-corrected chi connectivity index (χ3v) is 3.04. The fourth-order valence-corrected chi connectivity index (χ4v) is 2.09. The van der Waals surface area contributed by atoms with Crippen molar-refractivity contribution in [3.05, 3.63) is 35.4 Å². The minimum absolute atomic E-state index is 0.0613. The molecule has 2 N–H and O–H groups in total. The van der Waals surface area contributed by atoms with Gasteiger partial charge in [-0.15, -0.1) is 0 Å². The monoisotopic (exact) mass is 218 g/mol. The van der Waals surface area contributed by atoms with Crippen molar-refractivity contribution in [1.82, 2.24) is 10.6 Å². The first-order chi connectivity index (χ1) is 7.81. The second kappa shape index (κ2) is 5.12. The number of carbonyl (C=O) groups excluding carboxylic acids is 1. The van der Waals surface area contributed by atoms with Gasteiger partial charge in [0.2, 0.25) is 0 Å². The highest BCUT2D eigenvalue weighted by atomic mass is 16.1. The van der Waals surface area contributed by atoms with Crippen molar-refractivity contribution >= 4 is 5.91 Å². The van der Waals surface area contributed by atoms with Gasteiger partial charge in [-0.2, -0.15) is 0 Å². The average Bonchev–Trinajstić information content (AvgIpc) is 2.81. The van der Waals surface area contributed by atoms with Crippen LogP contribution in [0.25, 0.3) is 0 Å². The maximum atomic E-state index is 12.0. The van der Waals surface area contributed by atoms with Crippen LogP contribution in [-0.4, -0.2) is 25.0 Å². The van der Waals surface area contributed by atoms with E-state index in [9.17, 15) is 4.79 Å². The molecule has 16 heavy (non-hydrogen) atoms. The average molecular weight is 218 g/mol. The first kappa shape index (κ1) is 11.1. The molecule has 0 unspecified atom stereocenters. The van der Waals surface area contributed by atoms with Gasteiger partial charge in [-0.05, 0) is 31.0 Å². The molecule has 0 aliphatic carbocycles. The van der Waals surface area contributed by atoms with Gasteiger partial charge in [-0.3, -0.25) is 4.79 Å². The lowest BCUT2D eigenvalue weighted by Crippen LogP contribution is -2.36. The molecule has 1 aromatic carbocycles. The quantitative estimate of drug-likeness (QED) is 0.804. The molecule has 1 atom stereocenters. The van der Waals surface area contributed by atoms with Crippen LogP contribution in [0.4, 0.5) is 0 Å². The number of benzene rings is 1. The maximum absolute atomic E-state index is 12.0. The fourth-order valence-electron chi connectivity index (χ4n) is 2.09. The molecule has 1 fully saturated rings. The highest BCUT2D eigenvalue weighted by molar-refractivity contribution is 5.95. The van der Waals surface area contributed by atoms with E-state index in [-0.39, 0.29) is 11.9 Å². The molecular weight excluding hydrogens is 200 g/mol. The van der Waals surface area contributed by atoms with Gasteiger partial charge in [0.15, 0.2) is 0 Å². The van der Waals surface area contributed by atoms with Gasteiger partial charge in [-0.1, -0.05) is 25.1 Å². The Morgan fingerprint density at radius 2 is 2.31 bits per heavy atom. The van der Waals surface area contributed by atoms with E-state index >= 15 is 0 Å². The topological polar surface area (TPSA) is 41.1 Å². The zero-order chi connectivity index (χ0) is 11.4. The molecule has 3 nitrogen and oxygen atoms in total. The summed E-state index contributed by atoms with van der Waals surface area (Å²) in [6.07, 6.45) is 1.92. The molecule has 1 amide bonds. The van der Waals surface area contributed by atoms with Crippen molar-refractivity contribution in [2.75, 3.05) is 13.1 Å². The molecule has 2 rings (SSSR count). The van der Waals surface area contributed by atoms with Gasteiger partial charge < -0.3 is 10.6 Å². The van der Waals surface area contributed by atoms with E-state index in [4.69, 9.17) is 0 Å². The molecule has 0 bridgehead atoms. The minimum Gasteiger partial charge on any atom is -0.348 e. The van der Waals surface area contributed by atoms with Gasteiger partial charge in [0.05, 0.1) is 0 Å². The predicted molar refractivity (Wildman–Crippen MR) is 64.6 cm³/mol. The van der Waals surface area contributed by atoms with E-state index in [0.29, 0.717) is 0 Å². The van der Waals surface area contributed by atoms with Crippen LogP contribution in [0.15, 0.2) is 24.3 Å². The molecule has 3 heteroatoms. The first-order valence-electron chi connectivity index (χ1n) is 5.90. The van der Waals surface area contributed by atoms with Crippen LogP contribution in [0.1, 0.15) is 29.3 Å². The lowest BCUT2D eigenvalue weighted by atomic mass is 10.0. The number of amides is 1. The molecule has 1 aromatic rings. The van der Waals surface area contributed by atoms with Crippen LogP contribution < -0.4 is 10.6 Å². The third-order valence-electron chi connectivity index (χ3n) is 3.04. The van der Waals surface area contributed by atoms with Gasteiger partial charge in [0, 0.05) is 18.2 Å². The van der Waals surface area contributed by atoms with Gasteiger partial charge in [-0.25, -0.2) is 0 Å². The summed E-state index contributed by atoms with van der Waals surface area (Å²) in [6.45, 7) is 3.96. The molecule has 1 aliphatic heterocycles. The van der Waals surface area contributed by atoms with Crippen molar-refractivity contribution in [2.45, 2.75) is 25.8 Å². The summed E-state index contributed by atoms with van der Waals surface area (Å²) in [6, 6.07) is 8.10. The fraction of sp³-hybridized carbons (Fsp3) is 0.462. The summed E-state index contributed by atoms with van der Waals surface area (Å²) >= 11 is 0. The number of rotatable bonds is 3. The summed E-state index contributed by atoms with van der Waals surface area (Å²) in [5.74, 6) is 0.0613. The van der Waals surface area contributed by atoms with Crippen LogP contribution in [0, 0.1) is 0 Å². The summed E-state index contributed by atoms with van der Waals surface area (Å²) < 4.78 is 0. The summed E-state index contributed by atoms with van der Waals surface area (Å²) in [7, 11) is 0. The summed E-state index contributed by atoms with van der Waals surface area (Å²) in [5.41, 5.74) is 1.93. The predicted octanol–water partition coefficient (Wildman–Crippen LogP) is 1.34. The second-order valence-electron chi connectivity index (χ2n) is 4.17. The molecule has 1 aliphatic rings. The zero-order valence-electron chi connectivity index (χ0n) is 9.62. The van der Waals surface area contributed by atoms with E-state index in [2.05, 4.69) is 17.6 Å². The van der Waals surface area contributed by atoms with Gasteiger partial charge in [0.25, 0.3) is 5.91 Å². The van der Waals surface area contributed by atoms with Crippen LogP contribution in [0.2, 0.25) is 0 Å². The van der Waals surface area contributed by atoms with E-state index in [0.717, 1.165) is 37.1 Å². The van der Waals surface area contributed by atoms with E-state index in [1.54, 1.807) is 0 Å². The normalized spacial score (nSPS) is 19.7. The van der Waals surface area contributed by atoms with Crippen LogP contribution in [-0.2, 0) is 6.42 Å². The smallest absolute Gasteiger partial charge is 0.251 e. The summed E-state index contributed by atoms with van der Waals surface area (Å²) in [4.78, 5) is 12.0. The Bertz CT molecular complexity index is 370. The Hall–Kier alpha value is -1.35. The van der Waals surface area contributed by atoms with Crippen LogP contribution in [0.5, 0.6) is 0 Å². The van der Waals surface area contributed by atoms with Crippen molar-refractivity contribution < 1.29 is 4.79 Å². The Morgan fingerprint density at radius 3 is 3.00 bits per heavy atom. The lowest BCUT2D eigenvalue weighted by Gasteiger charge is -2.13. The zero-order valence-corrected chi connectivity index (χ0v) is 9.62. The van der Waals surface area contributed by atoms with Gasteiger partial charge in [0.1, 0.15) is 0 Å². The Balaban J connectivity index is 2.07. The number of nitrogens with one attached hydrogen (secondary N) is 2. The number of hydrogen-bond donors (Lipinski definition) is 2. The number of hydrogen-bond acceptors (Lipinski definition) is 2. The van der Waals surface area contributed by atoms with E-state index < -0.39 is 0 Å². The highest BCUT2D eigenvalue weighted by Gasteiger charge is 2.18. The molecular formula is C13H18N2O. The van der Waals surface area contributed by atoms with E-state index in [1.807, 2.05) is 24.3 Å². The molecule has 1 saturated heterocycles. The SMILES string of the molecule is CCc1ccccc1C(=O)N[C@H]1CCNC1. The molecule has 0 spiro atoms. The lowest BCUT2D eigenvalue weighted by molar-refractivity contribution is 0.0939. The molecule has 0 aromatic heterocycles. The maximum Gasteiger partial charge on any atom is 0.251 e. The highest BCUT2D eigenvalue weighted by Crippen LogP contribution is 2.10. The molecule has 86 valence electrons. The van der Waals surface area contributed by atoms with Gasteiger partial charge >= 0.3 is 0 Å². The van der Waals surface area contributed by atoms with Crippen molar-refractivity contribution in [3.8, 4) is 0 Å². The van der Waals surface area contributed by atoms with Crippen molar-refractivity contribution in [2.24, 2.45) is 0 Å². The molecule has 1 heterocycles. The second-order valence-corrected chi connectivity index (χ2v) is 4.17. The van der Waals surface area contributed by atoms with Crippen LogP contribution in [0.3, 0.4) is 0 Å². The largest absolute Gasteiger partial charge is 0.348 e. The van der Waals surface area contributed by atoms with Crippen LogP contribution >= 0.6 is 0 Å². The van der Waals surface area contributed by atoms with E-state index in [1.165, 1.54) is 0 Å². The minimum atomic E-state index is 0.0613. The Morgan fingerprint density at radius 1 is 1.50 bits per heavy atom. The molecule has 0 radical (unpaired) electrons.